The van der Waals surface area contributed by atoms with Crippen LogP contribution < -0.4 is 4.90 Å². The Morgan fingerprint density at radius 3 is 2.54 bits per heavy atom. The van der Waals surface area contributed by atoms with Crippen LogP contribution in [0.5, 0.6) is 0 Å². The molecule has 1 amide bonds. The quantitative estimate of drug-likeness (QED) is 0.430. The number of pyridine rings is 1. The first-order valence-electron chi connectivity index (χ1n) is 8.19. The average Bonchev–Trinajstić information content (AvgIpc) is 3.03. The Morgan fingerprint density at radius 1 is 1.14 bits per heavy atom. The third kappa shape index (κ3) is 3.10. The molecule has 8 heteroatoms. The van der Waals surface area contributed by atoms with E-state index < -0.39 is 17.3 Å². The molecule has 0 atom stereocenters. The third-order valence-electron chi connectivity index (χ3n) is 4.17. The van der Waals surface area contributed by atoms with Crippen LogP contribution >= 0.6 is 11.6 Å². The highest BCUT2D eigenvalue weighted by molar-refractivity contribution is 6.34. The van der Waals surface area contributed by atoms with Crippen LogP contribution in [0.4, 0.5) is 20.3 Å². The van der Waals surface area contributed by atoms with Crippen LogP contribution in [-0.2, 0) is 4.79 Å². The molecule has 0 saturated carbocycles. The first-order valence-corrected chi connectivity index (χ1v) is 8.57. The minimum absolute atomic E-state index is 0.0652. The molecule has 4 rings (SSSR count). The Balaban J connectivity index is 1.74. The summed E-state index contributed by atoms with van der Waals surface area (Å²) in [6, 6.07) is 9.90. The van der Waals surface area contributed by atoms with Gasteiger partial charge in [-0.25, -0.2) is 18.7 Å². The van der Waals surface area contributed by atoms with Crippen LogP contribution in [0.2, 0.25) is 5.02 Å². The molecular formula is C20H12ClF2N3O2. The number of amides is 1. The Labute approximate surface area is 163 Å². The molecule has 0 aliphatic rings. The van der Waals surface area contributed by atoms with E-state index in [1.165, 1.54) is 18.3 Å². The van der Waals surface area contributed by atoms with E-state index in [4.69, 9.17) is 16.0 Å². The lowest BCUT2D eigenvalue weighted by atomic mass is 10.1. The summed E-state index contributed by atoms with van der Waals surface area (Å²) >= 11 is 6.34. The lowest BCUT2D eigenvalue weighted by molar-refractivity contribution is -0.106. The monoisotopic (exact) mass is 399 g/mol. The molecule has 0 radical (unpaired) electrons. The Hall–Kier alpha value is -3.32. The second-order valence-electron chi connectivity index (χ2n) is 5.98. The van der Waals surface area contributed by atoms with Gasteiger partial charge in [0, 0.05) is 24.2 Å². The first-order chi connectivity index (χ1) is 13.5. The minimum atomic E-state index is -0.868. The fraction of sp³-hybridized carbons (Fsp3) is 0.0500. The number of rotatable bonds is 4. The van der Waals surface area contributed by atoms with E-state index in [0.29, 0.717) is 39.6 Å². The van der Waals surface area contributed by atoms with E-state index in [-0.39, 0.29) is 5.82 Å². The van der Waals surface area contributed by atoms with Crippen LogP contribution in [0.15, 0.2) is 53.1 Å². The molecule has 0 fully saturated rings. The van der Waals surface area contributed by atoms with Gasteiger partial charge in [0.1, 0.15) is 28.7 Å². The zero-order chi connectivity index (χ0) is 19.8. The highest BCUT2D eigenvalue weighted by Gasteiger charge is 2.19. The molecule has 2 aromatic carbocycles. The maximum atomic E-state index is 14.0. The number of carbonyl (C=O) groups is 1. The second kappa shape index (κ2) is 7.01. The van der Waals surface area contributed by atoms with Gasteiger partial charge in [-0.2, -0.15) is 0 Å². The molecule has 5 nitrogen and oxygen atoms in total. The predicted molar refractivity (Wildman–Crippen MR) is 102 cm³/mol. The molecule has 28 heavy (non-hydrogen) atoms. The summed E-state index contributed by atoms with van der Waals surface area (Å²) in [5.41, 5.74) is 2.01. The fourth-order valence-corrected chi connectivity index (χ4v) is 3.18. The number of carbonyl (C=O) groups excluding carboxylic acids is 1. The van der Waals surface area contributed by atoms with Crippen molar-refractivity contribution in [2.45, 2.75) is 6.92 Å². The van der Waals surface area contributed by atoms with Crippen LogP contribution in [0.1, 0.15) is 5.89 Å². The van der Waals surface area contributed by atoms with Crippen molar-refractivity contribution in [2.75, 3.05) is 4.90 Å². The van der Waals surface area contributed by atoms with Gasteiger partial charge in [0.2, 0.25) is 6.41 Å². The molecule has 2 heterocycles. The second-order valence-corrected chi connectivity index (χ2v) is 6.39. The Bertz CT molecular complexity index is 1170. The summed E-state index contributed by atoms with van der Waals surface area (Å²) in [5.74, 6) is -1.15. The van der Waals surface area contributed by atoms with Crippen molar-refractivity contribution < 1.29 is 18.0 Å². The standard InChI is InChI=1S/C20H12ClF2N3O2/c1-11-25-17-8-14(21)13(7-18(17)28-11)12-5-6-19(24-9-12)26(10-27)20-15(22)3-2-4-16(20)23/h2-10H,1H3. The Morgan fingerprint density at radius 2 is 1.89 bits per heavy atom. The van der Waals surface area contributed by atoms with E-state index in [0.717, 1.165) is 17.0 Å². The number of aryl methyl sites for hydroxylation is 1. The van der Waals surface area contributed by atoms with Crippen molar-refractivity contribution >= 4 is 40.6 Å². The fourth-order valence-electron chi connectivity index (χ4n) is 2.91. The minimum Gasteiger partial charge on any atom is -0.441 e. The zero-order valence-corrected chi connectivity index (χ0v) is 15.2. The van der Waals surface area contributed by atoms with Crippen molar-refractivity contribution in [1.82, 2.24) is 9.97 Å². The number of hydrogen-bond acceptors (Lipinski definition) is 4. The van der Waals surface area contributed by atoms with Crippen molar-refractivity contribution in [3.63, 3.8) is 0 Å². The van der Waals surface area contributed by atoms with E-state index in [1.54, 1.807) is 25.1 Å². The first kappa shape index (κ1) is 18.1. The summed E-state index contributed by atoms with van der Waals surface area (Å²) in [7, 11) is 0. The van der Waals surface area contributed by atoms with Gasteiger partial charge in [-0.1, -0.05) is 17.7 Å². The molecule has 0 aliphatic carbocycles. The number of para-hydroxylation sites is 1. The van der Waals surface area contributed by atoms with Gasteiger partial charge in [0.05, 0.1) is 5.02 Å². The largest absolute Gasteiger partial charge is 0.441 e. The van der Waals surface area contributed by atoms with Crippen molar-refractivity contribution in [1.29, 1.82) is 0 Å². The van der Waals surface area contributed by atoms with Crippen molar-refractivity contribution in [3.8, 4) is 11.1 Å². The molecule has 4 aromatic rings. The van der Waals surface area contributed by atoms with E-state index in [9.17, 15) is 13.6 Å². The summed E-state index contributed by atoms with van der Waals surface area (Å²) < 4.78 is 33.6. The number of fused-ring (bicyclic) bond motifs is 1. The van der Waals surface area contributed by atoms with Gasteiger partial charge in [-0.15, -0.1) is 0 Å². The van der Waals surface area contributed by atoms with Crippen LogP contribution in [0.25, 0.3) is 22.2 Å². The lowest BCUT2D eigenvalue weighted by Gasteiger charge is -2.18. The van der Waals surface area contributed by atoms with Gasteiger partial charge < -0.3 is 4.42 Å². The van der Waals surface area contributed by atoms with Crippen LogP contribution in [0.3, 0.4) is 0 Å². The van der Waals surface area contributed by atoms with Gasteiger partial charge in [0.15, 0.2) is 11.5 Å². The van der Waals surface area contributed by atoms with Gasteiger partial charge in [-0.3, -0.25) is 9.69 Å². The summed E-state index contributed by atoms with van der Waals surface area (Å²) in [5, 5.41) is 0.447. The maximum absolute atomic E-state index is 14.0. The summed E-state index contributed by atoms with van der Waals surface area (Å²) in [4.78, 5) is 20.7. The SMILES string of the molecule is Cc1nc2cc(Cl)c(-c3ccc(N(C=O)c4c(F)cccc4F)nc3)cc2o1. The number of oxazole rings is 1. The van der Waals surface area contributed by atoms with Gasteiger partial charge in [0.25, 0.3) is 0 Å². The maximum Gasteiger partial charge on any atom is 0.220 e. The van der Waals surface area contributed by atoms with Crippen LogP contribution in [-0.4, -0.2) is 16.4 Å². The molecule has 2 aromatic heterocycles. The number of halogens is 3. The topological polar surface area (TPSA) is 59.2 Å². The molecular weight excluding hydrogens is 388 g/mol. The van der Waals surface area contributed by atoms with E-state index in [1.807, 2.05) is 0 Å². The van der Waals surface area contributed by atoms with Gasteiger partial charge in [-0.05, 0) is 36.4 Å². The summed E-state index contributed by atoms with van der Waals surface area (Å²) in [6.07, 6.45) is 1.76. The molecule has 0 aliphatic heterocycles. The third-order valence-corrected chi connectivity index (χ3v) is 4.49. The van der Waals surface area contributed by atoms with Gasteiger partial charge >= 0.3 is 0 Å². The molecule has 140 valence electrons. The lowest BCUT2D eigenvalue weighted by Crippen LogP contribution is -2.18. The van der Waals surface area contributed by atoms with Crippen LogP contribution in [0, 0.1) is 18.6 Å². The molecule has 0 N–H and O–H groups in total. The smallest absolute Gasteiger partial charge is 0.220 e. The number of nitrogens with zero attached hydrogens (tertiary/aromatic N) is 3. The number of anilines is 2. The van der Waals surface area contributed by atoms with E-state index in [2.05, 4.69) is 9.97 Å². The zero-order valence-electron chi connectivity index (χ0n) is 14.5. The van der Waals surface area contributed by atoms with Crippen molar-refractivity contribution in [2.24, 2.45) is 0 Å². The highest BCUT2D eigenvalue weighted by atomic mass is 35.5. The molecule has 0 spiro atoms. The molecule has 0 saturated heterocycles. The van der Waals surface area contributed by atoms with E-state index >= 15 is 0 Å². The van der Waals surface area contributed by atoms with Crippen molar-refractivity contribution in [3.05, 3.63) is 71.2 Å². The predicted octanol–water partition coefficient (Wildman–Crippen LogP) is 5.42. The molecule has 0 bridgehead atoms. The Kier molecular flexibility index (Phi) is 4.52. The average molecular weight is 400 g/mol. The summed E-state index contributed by atoms with van der Waals surface area (Å²) in [6.45, 7) is 1.74. The highest BCUT2D eigenvalue weighted by Crippen LogP contribution is 2.34. The number of benzene rings is 2. The number of hydrogen-bond donors (Lipinski definition) is 0. The normalized spacial score (nSPS) is 11.0. The molecule has 0 unspecified atom stereocenters. The number of aromatic nitrogens is 2.